The number of carbonyl (C=O) groups excluding carboxylic acids is 2. The Morgan fingerprint density at radius 1 is 0.875 bits per heavy atom. The van der Waals surface area contributed by atoms with Crippen LogP contribution in [0.4, 0.5) is 16.2 Å². The summed E-state index contributed by atoms with van der Waals surface area (Å²) < 4.78 is 15.6. The highest BCUT2D eigenvalue weighted by Crippen LogP contribution is 2.20. The number of amides is 2. The summed E-state index contributed by atoms with van der Waals surface area (Å²) in [6.45, 7) is 0.791. The quantitative estimate of drug-likeness (QED) is 0.425. The molecule has 8 heteroatoms. The van der Waals surface area contributed by atoms with Gasteiger partial charge >= 0.3 is 6.09 Å². The average molecular weight is 455 g/mol. The van der Waals surface area contributed by atoms with Crippen molar-refractivity contribution in [3.8, 4) is 5.75 Å². The van der Waals surface area contributed by atoms with Crippen LogP contribution in [0.5, 0.6) is 5.75 Å². The number of benzene rings is 3. The minimum absolute atomic E-state index is 0.147. The third-order valence-electron chi connectivity index (χ3n) is 4.28. The van der Waals surface area contributed by atoms with Gasteiger partial charge in [-0.25, -0.2) is 4.79 Å². The summed E-state index contributed by atoms with van der Waals surface area (Å²) in [6, 6.07) is 21.0. The van der Waals surface area contributed by atoms with Gasteiger partial charge in [0.15, 0.2) is 0 Å². The number of methoxy groups -OCH3 is 1. The van der Waals surface area contributed by atoms with Crippen LogP contribution in [-0.4, -0.2) is 32.3 Å². The zero-order chi connectivity index (χ0) is 22.8. The Balaban J connectivity index is 1.58. The maximum atomic E-state index is 12.7. The lowest BCUT2D eigenvalue weighted by Crippen LogP contribution is -2.17. The van der Waals surface area contributed by atoms with Crippen LogP contribution in [-0.2, 0) is 16.1 Å². The zero-order valence-electron chi connectivity index (χ0n) is 17.5. The number of anilines is 2. The molecule has 0 bridgehead atoms. The van der Waals surface area contributed by atoms with Gasteiger partial charge in [-0.3, -0.25) is 10.1 Å². The summed E-state index contributed by atoms with van der Waals surface area (Å²) in [6.07, 6.45) is -0.602. The van der Waals surface area contributed by atoms with Crippen molar-refractivity contribution in [3.63, 3.8) is 0 Å². The number of rotatable bonds is 9. The molecule has 7 nitrogen and oxygen atoms in total. The summed E-state index contributed by atoms with van der Waals surface area (Å²) in [5.74, 6) is 0.255. The first-order valence-corrected chi connectivity index (χ1v) is 10.2. The summed E-state index contributed by atoms with van der Waals surface area (Å²) in [5, 5.41) is 6.05. The molecule has 32 heavy (non-hydrogen) atoms. The largest absolute Gasteiger partial charge is 0.489 e. The van der Waals surface area contributed by atoms with E-state index >= 15 is 0 Å². The van der Waals surface area contributed by atoms with Crippen molar-refractivity contribution in [1.82, 2.24) is 0 Å². The standard InChI is InChI=1S/C24H23ClN2O5/c1-30-11-12-31-24(29)27-21-9-4-8-20(15-21)26-23(28)18-6-3-10-22(14-18)32-16-17-5-2-7-19(25)13-17/h2-10,13-15H,11-12,16H2,1H3,(H,26,28)(H,27,29). The molecule has 0 aromatic heterocycles. The smallest absolute Gasteiger partial charge is 0.411 e. The SMILES string of the molecule is COCCOC(=O)Nc1cccc(NC(=O)c2cccc(OCc3cccc(Cl)c3)c2)c1. The molecular weight excluding hydrogens is 432 g/mol. The molecule has 2 N–H and O–H groups in total. The molecular formula is C24H23ClN2O5. The first-order chi connectivity index (χ1) is 15.5. The van der Waals surface area contributed by atoms with Crippen LogP contribution < -0.4 is 15.4 Å². The third kappa shape index (κ3) is 7.30. The van der Waals surface area contributed by atoms with E-state index in [-0.39, 0.29) is 12.5 Å². The van der Waals surface area contributed by atoms with Gasteiger partial charge in [-0.1, -0.05) is 35.9 Å². The van der Waals surface area contributed by atoms with Crippen LogP contribution in [0.25, 0.3) is 0 Å². The van der Waals surface area contributed by atoms with Gasteiger partial charge in [0.05, 0.1) is 6.61 Å². The molecule has 0 saturated heterocycles. The third-order valence-corrected chi connectivity index (χ3v) is 4.51. The molecule has 0 aliphatic carbocycles. The molecule has 3 rings (SSSR count). The van der Waals surface area contributed by atoms with Gasteiger partial charge in [0.2, 0.25) is 0 Å². The molecule has 166 valence electrons. The van der Waals surface area contributed by atoms with Crippen LogP contribution >= 0.6 is 11.6 Å². The summed E-state index contributed by atoms with van der Waals surface area (Å²) >= 11 is 5.99. The van der Waals surface area contributed by atoms with E-state index < -0.39 is 6.09 Å². The summed E-state index contributed by atoms with van der Waals surface area (Å²) in [4.78, 5) is 24.4. The molecule has 0 spiro atoms. The lowest BCUT2D eigenvalue weighted by molar-refractivity contribution is 0.102. The molecule has 0 atom stereocenters. The van der Waals surface area contributed by atoms with Crippen molar-refractivity contribution < 1.29 is 23.8 Å². The molecule has 0 aliphatic rings. The number of nitrogens with one attached hydrogen (secondary N) is 2. The first-order valence-electron chi connectivity index (χ1n) is 9.85. The van der Waals surface area contributed by atoms with Crippen LogP contribution in [0.3, 0.4) is 0 Å². The number of hydrogen-bond acceptors (Lipinski definition) is 5. The Bertz CT molecular complexity index is 1070. The minimum atomic E-state index is -0.602. The van der Waals surface area contributed by atoms with E-state index in [1.165, 1.54) is 7.11 Å². The van der Waals surface area contributed by atoms with Gasteiger partial charge in [0, 0.05) is 29.1 Å². The molecule has 3 aromatic rings. The maximum absolute atomic E-state index is 12.7. The van der Waals surface area contributed by atoms with Gasteiger partial charge in [0.25, 0.3) is 5.91 Å². The van der Waals surface area contributed by atoms with Crippen LogP contribution in [0.2, 0.25) is 5.02 Å². The Labute approximate surface area is 191 Å². The molecule has 0 aliphatic heterocycles. The van der Waals surface area contributed by atoms with Crippen molar-refractivity contribution >= 4 is 35.0 Å². The molecule has 0 heterocycles. The predicted octanol–water partition coefficient (Wildman–Crippen LogP) is 5.37. The lowest BCUT2D eigenvalue weighted by Gasteiger charge is -2.11. The molecule has 0 radical (unpaired) electrons. The number of halogens is 1. The van der Waals surface area contributed by atoms with Crippen molar-refractivity contribution in [2.75, 3.05) is 31.0 Å². The van der Waals surface area contributed by atoms with Crippen molar-refractivity contribution in [2.45, 2.75) is 6.61 Å². The number of ether oxygens (including phenoxy) is 3. The van der Waals surface area contributed by atoms with Gasteiger partial charge in [0.1, 0.15) is 19.0 Å². The van der Waals surface area contributed by atoms with E-state index in [9.17, 15) is 9.59 Å². The Morgan fingerprint density at radius 2 is 1.62 bits per heavy atom. The van der Waals surface area contributed by atoms with Crippen LogP contribution in [0.15, 0.2) is 72.8 Å². The van der Waals surface area contributed by atoms with Gasteiger partial charge in [-0.15, -0.1) is 0 Å². The Hall–Kier alpha value is -3.55. The molecule has 2 amide bonds. The van der Waals surface area contributed by atoms with Crippen molar-refractivity contribution in [3.05, 3.63) is 88.9 Å². The molecule has 0 saturated carbocycles. The second-order valence-electron chi connectivity index (χ2n) is 6.74. The summed E-state index contributed by atoms with van der Waals surface area (Å²) in [7, 11) is 1.52. The van der Waals surface area contributed by atoms with Gasteiger partial charge in [-0.2, -0.15) is 0 Å². The normalized spacial score (nSPS) is 10.3. The maximum Gasteiger partial charge on any atom is 0.411 e. The summed E-state index contributed by atoms with van der Waals surface area (Å²) in [5.41, 5.74) is 2.38. The van der Waals surface area contributed by atoms with Crippen LogP contribution in [0, 0.1) is 0 Å². The van der Waals surface area contributed by atoms with Crippen LogP contribution in [0.1, 0.15) is 15.9 Å². The molecule has 0 fully saturated rings. The van der Waals surface area contributed by atoms with E-state index in [0.717, 1.165) is 5.56 Å². The van der Waals surface area contributed by atoms with Gasteiger partial charge < -0.3 is 19.5 Å². The fourth-order valence-electron chi connectivity index (χ4n) is 2.77. The highest BCUT2D eigenvalue weighted by atomic mass is 35.5. The fraction of sp³-hybridized carbons (Fsp3) is 0.167. The minimum Gasteiger partial charge on any atom is -0.489 e. The zero-order valence-corrected chi connectivity index (χ0v) is 18.2. The lowest BCUT2D eigenvalue weighted by atomic mass is 10.2. The first kappa shape index (κ1) is 23.1. The fourth-order valence-corrected chi connectivity index (χ4v) is 2.98. The Kier molecular flexibility index (Phi) is 8.48. The average Bonchev–Trinajstić information content (AvgIpc) is 2.78. The second kappa shape index (κ2) is 11.7. The van der Waals surface area contributed by atoms with E-state index in [2.05, 4.69) is 10.6 Å². The molecule has 3 aromatic carbocycles. The van der Waals surface area contributed by atoms with E-state index in [1.54, 1.807) is 54.6 Å². The highest BCUT2D eigenvalue weighted by molar-refractivity contribution is 6.30. The number of carbonyl (C=O) groups is 2. The van der Waals surface area contributed by atoms with Crippen molar-refractivity contribution in [1.29, 1.82) is 0 Å². The van der Waals surface area contributed by atoms with E-state index in [0.29, 0.717) is 40.9 Å². The highest BCUT2D eigenvalue weighted by Gasteiger charge is 2.09. The second-order valence-corrected chi connectivity index (χ2v) is 7.17. The topological polar surface area (TPSA) is 85.9 Å². The monoisotopic (exact) mass is 454 g/mol. The van der Waals surface area contributed by atoms with E-state index in [1.807, 2.05) is 18.2 Å². The predicted molar refractivity (Wildman–Crippen MR) is 123 cm³/mol. The van der Waals surface area contributed by atoms with E-state index in [4.69, 9.17) is 25.8 Å². The Morgan fingerprint density at radius 3 is 2.41 bits per heavy atom. The van der Waals surface area contributed by atoms with Gasteiger partial charge in [-0.05, 0) is 54.1 Å². The molecule has 0 unspecified atom stereocenters. The van der Waals surface area contributed by atoms with Crippen molar-refractivity contribution in [2.24, 2.45) is 0 Å². The number of hydrogen-bond donors (Lipinski definition) is 2.